The van der Waals surface area contributed by atoms with Gasteiger partial charge in [-0.05, 0) is 51.1 Å². The smallest absolute Gasteiger partial charge is 0.229 e. The Morgan fingerprint density at radius 1 is 1.17 bits per heavy atom. The topological polar surface area (TPSA) is 103 Å². The van der Waals surface area contributed by atoms with E-state index < -0.39 is 37.3 Å². The third-order valence-electron chi connectivity index (χ3n) is 5.16. The van der Waals surface area contributed by atoms with E-state index in [9.17, 15) is 20.4 Å². The second-order valence-electron chi connectivity index (χ2n) is 7.83. The molecule has 164 valence electrons. The zero-order valence-corrected chi connectivity index (χ0v) is 17.8. The predicted octanol–water partition coefficient (Wildman–Crippen LogP) is 1.31. The highest BCUT2D eigenvalue weighted by molar-refractivity contribution is 5.73. The Kier molecular flexibility index (Phi) is 9.07. The van der Waals surface area contributed by atoms with Gasteiger partial charge in [0.05, 0.1) is 6.61 Å². The first-order chi connectivity index (χ1) is 13.8. The first kappa shape index (κ1) is 23.8. The largest absolute Gasteiger partial charge is 0.461 e. The summed E-state index contributed by atoms with van der Waals surface area (Å²) in [6, 6.07) is 5.67. The number of aliphatic hydroxyl groups is 4. The molecule has 1 aromatic carbocycles. The van der Waals surface area contributed by atoms with Gasteiger partial charge in [-0.3, -0.25) is 0 Å². The standard InChI is InChI=1S/C22H35NO6/c1-5-6-9-15(11-12-23(3)4)18-14(2)8-7-10-16(18)28-22-21(27)20(26)19(25)17(13-24)29-22/h7-10,17,19-22,24-27H,5-6,11-13H2,1-4H3/b15-9-. The van der Waals surface area contributed by atoms with Crippen LogP contribution in [0.25, 0.3) is 5.57 Å². The normalized spacial score (nSPS) is 28.0. The molecule has 0 saturated carbocycles. The van der Waals surface area contributed by atoms with Crippen molar-refractivity contribution in [3.05, 3.63) is 35.4 Å². The summed E-state index contributed by atoms with van der Waals surface area (Å²) in [5, 5.41) is 39.8. The fraction of sp³-hybridized carbons (Fsp3) is 0.636. The lowest BCUT2D eigenvalue weighted by Gasteiger charge is -2.39. The number of allylic oxidation sites excluding steroid dienone is 1. The van der Waals surface area contributed by atoms with Gasteiger partial charge >= 0.3 is 0 Å². The van der Waals surface area contributed by atoms with Crippen LogP contribution in [0.3, 0.4) is 0 Å². The molecule has 1 fully saturated rings. The second kappa shape index (κ2) is 11.1. The summed E-state index contributed by atoms with van der Waals surface area (Å²) in [6.45, 7) is 4.52. The summed E-state index contributed by atoms with van der Waals surface area (Å²) in [6.07, 6.45) is -1.50. The highest BCUT2D eigenvalue weighted by Gasteiger charge is 2.44. The molecule has 5 atom stereocenters. The van der Waals surface area contributed by atoms with Gasteiger partial charge in [0.1, 0.15) is 30.2 Å². The number of rotatable bonds is 9. The third kappa shape index (κ3) is 6.01. The van der Waals surface area contributed by atoms with E-state index in [1.54, 1.807) is 6.07 Å². The van der Waals surface area contributed by atoms with Crippen LogP contribution in [0.2, 0.25) is 0 Å². The van der Waals surface area contributed by atoms with Crippen molar-refractivity contribution in [3.8, 4) is 5.75 Å². The van der Waals surface area contributed by atoms with Crippen LogP contribution in [0.15, 0.2) is 24.3 Å². The highest BCUT2D eigenvalue weighted by atomic mass is 16.7. The van der Waals surface area contributed by atoms with Crippen molar-refractivity contribution in [2.24, 2.45) is 0 Å². The van der Waals surface area contributed by atoms with Crippen molar-refractivity contribution in [1.82, 2.24) is 4.90 Å². The summed E-state index contributed by atoms with van der Waals surface area (Å²) < 4.78 is 11.5. The first-order valence-electron chi connectivity index (χ1n) is 10.2. The van der Waals surface area contributed by atoms with Gasteiger partial charge in [0.15, 0.2) is 0 Å². The zero-order valence-electron chi connectivity index (χ0n) is 17.8. The Bertz CT molecular complexity index is 675. The van der Waals surface area contributed by atoms with Crippen LogP contribution < -0.4 is 4.74 Å². The second-order valence-corrected chi connectivity index (χ2v) is 7.83. The van der Waals surface area contributed by atoms with E-state index in [-0.39, 0.29) is 0 Å². The van der Waals surface area contributed by atoms with Crippen LogP contribution in [0.4, 0.5) is 0 Å². The van der Waals surface area contributed by atoms with E-state index in [1.165, 1.54) is 0 Å². The summed E-state index contributed by atoms with van der Waals surface area (Å²) in [5.41, 5.74) is 3.13. The van der Waals surface area contributed by atoms with Gasteiger partial charge in [0.2, 0.25) is 6.29 Å². The van der Waals surface area contributed by atoms with Crippen LogP contribution in [0.5, 0.6) is 5.75 Å². The SMILES string of the molecule is CCC/C=C(/CCN(C)C)c1c(C)cccc1OC1OC(CO)C(O)C(O)C1O. The molecule has 7 nitrogen and oxygen atoms in total. The first-order valence-corrected chi connectivity index (χ1v) is 10.2. The quantitative estimate of drug-likeness (QED) is 0.488. The number of hydrogen-bond donors (Lipinski definition) is 4. The molecule has 1 saturated heterocycles. The molecule has 5 unspecified atom stereocenters. The van der Waals surface area contributed by atoms with Crippen LogP contribution in [-0.2, 0) is 4.74 Å². The van der Waals surface area contributed by atoms with E-state index in [0.29, 0.717) is 5.75 Å². The lowest BCUT2D eigenvalue weighted by atomic mass is 9.95. The van der Waals surface area contributed by atoms with Gasteiger partial charge in [-0.25, -0.2) is 0 Å². The molecule has 1 aliphatic rings. The Morgan fingerprint density at radius 3 is 2.52 bits per heavy atom. The maximum Gasteiger partial charge on any atom is 0.229 e. The zero-order chi connectivity index (χ0) is 21.6. The molecule has 0 aromatic heterocycles. The van der Waals surface area contributed by atoms with Crippen molar-refractivity contribution in [2.45, 2.75) is 63.8 Å². The van der Waals surface area contributed by atoms with E-state index in [0.717, 1.165) is 42.5 Å². The monoisotopic (exact) mass is 409 g/mol. The van der Waals surface area contributed by atoms with Crippen molar-refractivity contribution in [3.63, 3.8) is 0 Å². The van der Waals surface area contributed by atoms with Crippen LogP contribution in [0, 0.1) is 6.92 Å². The van der Waals surface area contributed by atoms with Crippen molar-refractivity contribution in [1.29, 1.82) is 0 Å². The Balaban J connectivity index is 2.35. The van der Waals surface area contributed by atoms with Gasteiger partial charge in [-0.2, -0.15) is 0 Å². The number of nitrogens with zero attached hydrogens (tertiary/aromatic N) is 1. The number of aliphatic hydroxyl groups excluding tert-OH is 4. The van der Waals surface area contributed by atoms with Gasteiger partial charge in [-0.15, -0.1) is 0 Å². The maximum atomic E-state index is 10.3. The van der Waals surface area contributed by atoms with Crippen LogP contribution in [-0.4, -0.2) is 83.3 Å². The Morgan fingerprint density at radius 2 is 1.90 bits per heavy atom. The summed E-state index contributed by atoms with van der Waals surface area (Å²) in [7, 11) is 4.06. The molecule has 0 spiro atoms. The average molecular weight is 410 g/mol. The van der Waals surface area contributed by atoms with E-state index in [2.05, 4.69) is 17.9 Å². The molecule has 4 N–H and O–H groups in total. The van der Waals surface area contributed by atoms with Crippen molar-refractivity contribution >= 4 is 5.57 Å². The summed E-state index contributed by atoms with van der Waals surface area (Å²) >= 11 is 0. The lowest BCUT2D eigenvalue weighted by Crippen LogP contribution is -2.60. The molecule has 1 heterocycles. The minimum Gasteiger partial charge on any atom is -0.461 e. The third-order valence-corrected chi connectivity index (χ3v) is 5.16. The van der Waals surface area contributed by atoms with Crippen LogP contribution in [0.1, 0.15) is 37.3 Å². The number of benzene rings is 1. The lowest BCUT2D eigenvalue weighted by molar-refractivity contribution is -0.277. The molecule has 1 aromatic rings. The number of aryl methyl sites for hydroxylation is 1. The van der Waals surface area contributed by atoms with Crippen LogP contribution >= 0.6 is 0 Å². The fourth-order valence-electron chi connectivity index (χ4n) is 3.43. The molecule has 1 aliphatic heterocycles. The molecular formula is C22H35NO6. The number of ether oxygens (including phenoxy) is 2. The number of hydrogen-bond acceptors (Lipinski definition) is 7. The molecule has 2 rings (SSSR count). The summed E-state index contributed by atoms with van der Waals surface area (Å²) in [4.78, 5) is 2.12. The molecular weight excluding hydrogens is 374 g/mol. The molecule has 0 aliphatic carbocycles. The van der Waals surface area contributed by atoms with Gasteiger partial charge in [0, 0.05) is 12.1 Å². The summed E-state index contributed by atoms with van der Waals surface area (Å²) in [5.74, 6) is 0.537. The maximum absolute atomic E-state index is 10.3. The molecule has 7 heteroatoms. The minimum atomic E-state index is -1.47. The predicted molar refractivity (Wildman–Crippen MR) is 112 cm³/mol. The average Bonchev–Trinajstić information content (AvgIpc) is 2.69. The molecule has 29 heavy (non-hydrogen) atoms. The fourth-order valence-corrected chi connectivity index (χ4v) is 3.43. The van der Waals surface area contributed by atoms with Gasteiger partial charge in [0.25, 0.3) is 0 Å². The van der Waals surface area contributed by atoms with E-state index in [4.69, 9.17) is 9.47 Å². The minimum absolute atomic E-state index is 0.490. The molecule has 0 bridgehead atoms. The van der Waals surface area contributed by atoms with E-state index >= 15 is 0 Å². The highest BCUT2D eigenvalue weighted by Crippen LogP contribution is 2.34. The Labute approximate surface area is 173 Å². The van der Waals surface area contributed by atoms with Gasteiger partial charge < -0.3 is 34.8 Å². The van der Waals surface area contributed by atoms with Gasteiger partial charge in [-0.1, -0.05) is 31.6 Å². The number of unbranched alkanes of at least 4 members (excludes halogenated alkanes) is 1. The van der Waals surface area contributed by atoms with Crippen molar-refractivity contribution in [2.75, 3.05) is 27.2 Å². The molecule has 0 radical (unpaired) electrons. The Hall–Kier alpha value is -1.48. The van der Waals surface area contributed by atoms with Crippen molar-refractivity contribution < 1.29 is 29.9 Å². The molecule has 0 amide bonds. The van der Waals surface area contributed by atoms with E-state index in [1.807, 2.05) is 33.2 Å².